The maximum atomic E-state index is 12.2. The molecule has 0 aromatic heterocycles. The normalized spacial score (nSPS) is 16.4. The van der Waals surface area contributed by atoms with Gasteiger partial charge in [0, 0.05) is 24.7 Å². The minimum atomic E-state index is -0.556. The van der Waals surface area contributed by atoms with Crippen molar-refractivity contribution < 1.29 is 9.72 Å². The topological polar surface area (TPSA) is 63.5 Å². The third-order valence-corrected chi connectivity index (χ3v) is 3.76. The molecule has 102 valence electrons. The molecular weight excluding hydrogens is 268 g/mol. The summed E-state index contributed by atoms with van der Waals surface area (Å²) in [4.78, 5) is 24.1. The maximum absolute atomic E-state index is 12.2. The van der Waals surface area contributed by atoms with E-state index in [1.54, 1.807) is 4.90 Å². The highest BCUT2D eigenvalue weighted by Crippen LogP contribution is 2.26. The van der Waals surface area contributed by atoms with Crippen molar-refractivity contribution in [1.82, 2.24) is 4.90 Å². The van der Waals surface area contributed by atoms with Gasteiger partial charge in [-0.2, -0.15) is 0 Å². The number of halogens is 1. The monoisotopic (exact) mass is 282 g/mol. The Morgan fingerprint density at radius 1 is 1.42 bits per heavy atom. The number of hydrogen-bond acceptors (Lipinski definition) is 3. The first-order valence-electron chi connectivity index (χ1n) is 6.22. The van der Waals surface area contributed by atoms with E-state index in [-0.39, 0.29) is 16.6 Å². The number of carbonyl (C=O) groups is 1. The summed E-state index contributed by atoms with van der Waals surface area (Å²) in [6.45, 7) is 3.63. The molecule has 0 spiro atoms. The molecule has 1 aromatic carbocycles. The predicted octanol–water partition coefficient (Wildman–Crippen LogP) is 3.12. The van der Waals surface area contributed by atoms with Crippen molar-refractivity contribution in [3.8, 4) is 0 Å². The largest absolute Gasteiger partial charge is 0.339 e. The lowest BCUT2D eigenvalue weighted by atomic mass is 9.98. The molecule has 1 aliphatic heterocycles. The first kappa shape index (κ1) is 13.8. The van der Waals surface area contributed by atoms with Crippen molar-refractivity contribution >= 4 is 23.2 Å². The van der Waals surface area contributed by atoms with Crippen LogP contribution in [0.1, 0.15) is 30.1 Å². The van der Waals surface area contributed by atoms with E-state index in [2.05, 4.69) is 6.92 Å². The number of carbonyl (C=O) groups excluding carboxylic acids is 1. The molecular formula is C13H15ClN2O3. The molecule has 0 bridgehead atoms. The zero-order chi connectivity index (χ0) is 14.0. The van der Waals surface area contributed by atoms with Gasteiger partial charge in [0.15, 0.2) is 0 Å². The van der Waals surface area contributed by atoms with Gasteiger partial charge in [0.1, 0.15) is 5.02 Å². The number of nitro groups is 1. The minimum Gasteiger partial charge on any atom is -0.339 e. The molecule has 0 saturated carbocycles. The molecule has 1 aliphatic rings. The summed E-state index contributed by atoms with van der Waals surface area (Å²) < 4.78 is 0. The number of amides is 1. The van der Waals surface area contributed by atoms with Crippen LogP contribution in [0.15, 0.2) is 18.2 Å². The fraction of sp³-hybridized carbons (Fsp3) is 0.462. The Bertz CT molecular complexity index is 511. The van der Waals surface area contributed by atoms with Crippen LogP contribution in [-0.4, -0.2) is 28.8 Å². The molecule has 0 unspecified atom stereocenters. The van der Waals surface area contributed by atoms with Gasteiger partial charge in [0.05, 0.1) is 4.92 Å². The van der Waals surface area contributed by atoms with Crippen LogP contribution in [0.5, 0.6) is 0 Å². The van der Waals surface area contributed by atoms with Gasteiger partial charge in [-0.1, -0.05) is 18.5 Å². The van der Waals surface area contributed by atoms with Gasteiger partial charge >= 0.3 is 0 Å². The molecule has 1 amide bonds. The van der Waals surface area contributed by atoms with Crippen molar-refractivity contribution in [1.29, 1.82) is 0 Å². The van der Waals surface area contributed by atoms with Crippen LogP contribution in [0.2, 0.25) is 5.02 Å². The van der Waals surface area contributed by atoms with E-state index < -0.39 is 4.92 Å². The number of rotatable bonds is 2. The van der Waals surface area contributed by atoms with Crippen molar-refractivity contribution in [2.24, 2.45) is 5.92 Å². The Labute approximate surface area is 116 Å². The zero-order valence-corrected chi connectivity index (χ0v) is 11.4. The number of likely N-dealkylation sites (tertiary alicyclic amines) is 1. The van der Waals surface area contributed by atoms with Crippen LogP contribution in [0.25, 0.3) is 0 Å². The van der Waals surface area contributed by atoms with E-state index in [1.807, 2.05) is 0 Å². The number of nitro benzene ring substituents is 1. The minimum absolute atomic E-state index is 0.00114. The van der Waals surface area contributed by atoms with Gasteiger partial charge < -0.3 is 4.90 Å². The number of nitrogens with zero attached hydrogens (tertiary/aromatic N) is 2. The van der Waals surface area contributed by atoms with Crippen LogP contribution in [-0.2, 0) is 0 Å². The standard InChI is InChI=1S/C13H15ClN2O3/c1-9-4-6-15(7-5-9)13(17)10-2-3-12(16(18)19)11(14)8-10/h2-3,8-9H,4-7H2,1H3. The Morgan fingerprint density at radius 3 is 2.58 bits per heavy atom. The SMILES string of the molecule is CC1CCN(C(=O)c2ccc([N+](=O)[O-])c(Cl)c2)CC1. The third-order valence-electron chi connectivity index (χ3n) is 3.46. The Hall–Kier alpha value is -1.62. The summed E-state index contributed by atoms with van der Waals surface area (Å²) in [6.07, 6.45) is 1.99. The van der Waals surface area contributed by atoms with Gasteiger partial charge in [-0.25, -0.2) is 0 Å². The van der Waals surface area contributed by atoms with Gasteiger partial charge in [-0.15, -0.1) is 0 Å². The molecule has 0 radical (unpaired) electrons. The first-order valence-corrected chi connectivity index (χ1v) is 6.60. The summed E-state index contributed by atoms with van der Waals surface area (Å²) in [5.41, 5.74) is 0.232. The molecule has 1 aromatic rings. The van der Waals surface area contributed by atoms with Gasteiger partial charge in [0.2, 0.25) is 0 Å². The number of piperidine rings is 1. The smallest absolute Gasteiger partial charge is 0.287 e. The second-order valence-electron chi connectivity index (χ2n) is 4.90. The summed E-state index contributed by atoms with van der Waals surface area (Å²) in [7, 11) is 0. The molecule has 1 heterocycles. The van der Waals surface area contributed by atoms with E-state index in [0.29, 0.717) is 11.5 Å². The highest BCUT2D eigenvalue weighted by atomic mass is 35.5. The highest BCUT2D eigenvalue weighted by Gasteiger charge is 2.23. The van der Waals surface area contributed by atoms with Gasteiger partial charge in [-0.3, -0.25) is 14.9 Å². The Morgan fingerprint density at radius 2 is 2.05 bits per heavy atom. The fourth-order valence-corrected chi connectivity index (χ4v) is 2.43. The van der Waals surface area contributed by atoms with Crippen LogP contribution in [0.4, 0.5) is 5.69 Å². The average Bonchev–Trinajstić information content (AvgIpc) is 2.38. The molecule has 0 N–H and O–H groups in total. The summed E-state index contributed by atoms with van der Waals surface area (Å²) in [6, 6.07) is 4.12. The van der Waals surface area contributed by atoms with E-state index in [1.165, 1.54) is 18.2 Å². The summed E-state index contributed by atoms with van der Waals surface area (Å²) >= 11 is 5.82. The lowest BCUT2D eigenvalue weighted by Crippen LogP contribution is -2.37. The Kier molecular flexibility index (Phi) is 4.04. The second-order valence-corrected chi connectivity index (χ2v) is 5.31. The van der Waals surface area contributed by atoms with Crippen LogP contribution < -0.4 is 0 Å². The van der Waals surface area contributed by atoms with Crippen molar-refractivity contribution in [3.63, 3.8) is 0 Å². The quantitative estimate of drug-likeness (QED) is 0.618. The maximum Gasteiger partial charge on any atom is 0.287 e. The Balaban J connectivity index is 2.16. The van der Waals surface area contributed by atoms with Crippen molar-refractivity contribution in [3.05, 3.63) is 38.9 Å². The highest BCUT2D eigenvalue weighted by molar-refractivity contribution is 6.33. The number of benzene rings is 1. The molecule has 2 rings (SSSR count). The molecule has 19 heavy (non-hydrogen) atoms. The van der Waals surface area contributed by atoms with E-state index in [9.17, 15) is 14.9 Å². The molecule has 1 saturated heterocycles. The molecule has 0 aliphatic carbocycles. The predicted molar refractivity (Wildman–Crippen MR) is 72.4 cm³/mol. The van der Waals surface area contributed by atoms with E-state index >= 15 is 0 Å². The first-order chi connectivity index (χ1) is 8.99. The van der Waals surface area contributed by atoms with Crippen molar-refractivity contribution in [2.75, 3.05) is 13.1 Å². The zero-order valence-electron chi connectivity index (χ0n) is 10.6. The summed E-state index contributed by atoms with van der Waals surface area (Å²) in [5.74, 6) is 0.535. The summed E-state index contributed by atoms with van der Waals surface area (Å²) in [5, 5.41) is 10.7. The number of hydrogen-bond donors (Lipinski definition) is 0. The van der Waals surface area contributed by atoms with Gasteiger partial charge in [0.25, 0.3) is 11.6 Å². The van der Waals surface area contributed by atoms with Crippen molar-refractivity contribution in [2.45, 2.75) is 19.8 Å². The molecule has 5 nitrogen and oxygen atoms in total. The fourth-order valence-electron chi connectivity index (χ4n) is 2.18. The van der Waals surface area contributed by atoms with Crippen LogP contribution in [0, 0.1) is 16.0 Å². The van der Waals surface area contributed by atoms with Crippen LogP contribution in [0.3, 0.4) is 0 Å². The lowest BCUT2D eigenvalue weighted by Gasteiger charge is -2.30. The molecule has 6 heteroatoms. The molecule has 0 atom stereocenters. The second kappa shape index (κ2) is 5.57. The molecule has 1 fully saturated rings. The van der Waals surface area contributed by atoms with Gasteiger partial charge in [-0.05, 0) is 30.9 Å². The third kappa shape index (κ3) is 3.04. The average molecular weight is 283 g/mol. The lowest BCUT2D eigenvalue weighted by molar-refractivity contribution is -0.384. The van der Waals surface area contributed by atoms with E-state index in [4.69, 9.17) is 11.6 Å². The van der Waals surface area contributed by atoms with E-state index in [0.717, 1.165) is 25.9 Å². The van der Waals surface area contributed by atoms with Crippen LogP contribution >= 0.6 is 11.6 Å².